The van der Waals surface area contributed by atoms with Crippen molar-refractivity contribution in [1.82, 2.24) is 0 Å². The van der Waals surface area contributed by atoms with Gasteiger partial charge in [-0.1, -0.05) is 11.6 Å². The van der Waals surface area contributed by atoms with Crippen molar-refractivity contribution in [2.75, 3.05) is 18.5 Å². The van der Waals surface area contributed by atoms with Gasteiger partial charge in [-0.2, -0.15) is 13.2 Å². The molecule has 0 heterocycles. The van der Waals surface area contributed by atoms with Crippen molar-refractivity contribution in [1.29, 1.82) is 0 Å². The van der Waals surface area contributed by atoms with Crippen molar-refractivity contribution in [2.24, 2.45) is 0 Å². The summed E-state index contributed by atoms with van der Waals surface area (Å²) in [5.74, 6) is -1.95. The Balaban J connectivity index is 2.55. The number of nitrogens with one attached hydrogen (secondary N) is 1. The highest BCUT2D eigenvalue weighted by Gasteiger charge is 2.27. The van der Waals surface area contributed by atoms with Crippen LogP contribution in [0, 0.1) is 0 Å². The first kappa shape index (κ1) is 17.3. The zero-order valence-electron chi connectivity index (χ0n) is 10.5. The van der Waals surface area contributed by atoms with E-state index in [9.17, 15) is 22.8 Å². The number of carbonyl (C=O) groups is 2. The molecule has 0 spiro atoms. The van der Waals surface area contributed by atoms with E-state index in [2.05, 4.69) is 10.1 Å². The molecule has 0 aromatic heterocycles. The maximum Gasteiger partial charge on any atom is 0.411 e. The number of alkyl halides is 3. The zero-order valence-corrected chi connectivity index (χ0v) is 11.3. The second-order valence-electron chi connectivity index (χ2n) is 3.96. The molecule has 0 aliphatic heterocycles. The Morgan fingerprint density at radius 2 is 2.00 bits per heavy atom. The average molecular weight is 326 g/mol. The summed E-state index contributed by atoms with van der Waals surface area (Å²) in [5.41, 5.74) is -0.209. The average Bonchev–Trinajstić information content (AvgIpc) is 2.33. The Kier molecular flexibility index (Phi) is 5.98. The highest BCUT2D eigenvalue weighted by Crippen LogP contribution is 2.21. The van der Waals surface area contributed by atoms with Gasteiger partial charge < -0.3 is 15.2 Å². The fourth-order valence-electron chi connectivity index (χ4n) is 1.37. The molecule has 0 aliphatic rings. The van der Waals surface area contributed by atoms with Crippen LogP contribution in [-0.2, 0) is 9.53 Å². The van der Waals surface area contributed by atoms with Crippen molar-refractivity contribution in [3.63, 3.8) is 0 Å². The van der Waals surface area contributed by atoms with Gasteiger partial charge >= 0.3 is 12.1 Å². The van der Waals surface area contributed by atoms with Gasteiger partial charge in [-0.05, 0) is 18.2 Å². The number of aromatic carboxylic acids is 1. The first-order chi connectivity index (χ1) is 9.69. The third-order valence-electron chi connectivity index (χ3n) is 2.23. The van der Waals surface area contributed by atoms with Crippen molar-refractivity contribution < 1.29 is 32.6 Å². The predicted octanol–water partition coefficient (Wildman–Crippen LogP) is 2.95. The topological polar surface area (TPSA) is 75.6 Å². The lowest BCUT2D eigenvalue weighted by Crippen LogP contribution is -2.20. The molecule has 0 fully saturated rings. The number of hydrogen-bond acceptors (Lipinski definition) is 3. The second-order valence-corrected chi connectivity index (χ2v) is 4.40. The van der Waals surface area contributed by atoms with Crippen LogP contribution in [0.1, 0.15) is 16.8 Å². The lowest BCUT2D eigenvalue weighted by Gasteiger charge is -2.10. The van der Waals surface area contributed by atoms with E-state index < -0.39 is 31.3 Å². The number of halogens is 4. The highest BCUT2D eigenvalue weighted by molar-refractivity contribution is 6.31. The molecule has 1 aromatic carbocycles. The van der Waals surface area contributed by atoms with Crippen LogP contribution in [0.15, 0.2) is 18.2 Å². The number of rotatable bonds is 6. The summed E-state index contributed by atoms with van der Waals surface area (Å²) in [6.45, 7) is -1.88. The van der Waals surface area contributed by atoms with Gasteiger partial charge in [0, 0.05) is 5.02 Å². The minimum Gasteiger partial charge on any atom is -0.478 e. The van der Waals surface area contributed by atoms with Crippen molar-refractivity contribution in [3.8, 4) is 0 Å². The quantitative estimate of drug-likeness (QED) is 0.788. The van der Waals surface area contributed by atoms with Crippen LogP contribution in [0.25, 0.3) is 0 Å². The maximum absolute atomic E-state index is 11.8. The standard InChI is InChI=1S/C12H11ClF3NO4/c13-7-1-2-8(11(19)20)9(5-7)17-10(18)3-4-21-6-12(14,15)16/h1-2,5H,3-4,6H2,(H,17,18)(H,19,20). The van der Waals surface area contributed by atoms with Crippen LogP contribution in [0.4, 0.5) is 18.9 Å². The largest absolute Gasteiger partial charge is 0.478 e. The smallest absolute Gasteiger partial charge is 0.411 e. The summed E-state index contributed by atoms with van der Waals surface area (Å²) < 4.78 is 39.7. The molecule has 21 heavy (non-hydrogen) atoms. The summed E-state index contributed by atoms with van der Waals surface area (Å²) in [5, 5.41) is 11.4. The van der Waals surface area contributed by atoms with Crippen LogP contribution < -0.4 is 5.32 Å². The molecule has 0 atom stereocenters. The van der Waals surface area contributed by atoms with E-state index in [-0.39, 0.29) is 22.7 Å². The molecule has 0 bridgehead atoms. The Morgan fingerprint density at radius 1 is 1.33 bits per heavy atom. The molecule has 0 aliphatic carbocycles. The van der Waals surface area contributed by atoms with E-state index in [1.807, 2.05) is 0 Å². The second kappa shape index (κ2) is 7.28. The first-order valence-corrected chi connectivity index (χ1v) is 6.04. The van der Waals surface area contributed by atoms with Crippen molar-refractivity contribution >= 4 is 29.2 Å². The molecule has 0 unspecified atom stereocenters. The molecule has 1 aromatic rings. The van der Waals surface area contributed by atoms with Gasteiger partial charge in [-0.3, -0.25) is 4.79 Å². The van der Waals surface area contributed by atoms with Gasteiger partial charge in [0.25, 0.3) is 0 Å². The fraction of sp³-hybridized carbons (Fsp3) is 0.333. The number of benzene rings is 1. The Labute approximate surface area is 122 Å². The normalized spacial score (nSPS) is 11.2. The molecule has 0 saturated carbocycles. The summed E-state index contributed by atoms with van der Waals surface area (Å²) in [6.07, 6.45) is -4.80. The Hall–Kier alpha value is -1.80. The van der Waals surface area contributed by atoms with Crippen LogP contribution in [0.2, 0.25) is 5.02 Å². The molecular formula is C12H11ClF3NO4. The van der Waals surface area contributed by atoms with Crippen LogP contribution >= 0.6 is 11.6 Å². The third-order valence-corrected chi connectivity index (χ3v) is 2.46. The highest BCUT2D eigenvalue weighted by atomic mass is 35.5. The number of carbonyl (C=O) groups excluding carboxylic acids is 1. The van der Waals surface area contributed by atoms with Gasteiger partial charge in [0.15, 0.2) is 0 Å². The predicted molar refractivity (Wildman–Crippen MR) is 68.5 cm³/mol. The van der Waals surface area contributed by atoms with Gasteiger partial charge in [-0.25, -0.2) is 4.79 Å². The molecule has 1 amide bonds. The number of hydrogen-bond donors (Lipinski definition) is 2. The van der Waals surface area contributed by atoms with Crippen molar-refractivity contribution in [3.05, 3.63) is 28.8 Å². The monoisotopic (exact) mass is 325 g/mol. The van der Waals surface area contributed by atoms with E-state index >= 15 is 0 Å². The minimum absolute atomic E-state index is 0.0316. The third kappa shape index (κ3) is 6.46. The van der Waals surface area contributed by atoms with E-state index in [1.54, 1.807) is 0 Å². The summed E-state index contributed by atoms with van der Waals surface area (Å²) in [4.78, 5) is 22.5. The lowest BCUT2D eigenvalue weighted by atomic mass is 10.1. The van der Waals surface area contributed by atoms with Gasteiger partial charge in [-0.15, -0.1) is 0 Å². The van der Waals surface area contributed by atoms with E-state index in [0.29, 0.717) is 0 Å². The summed E-state index contributed by atoms with van der Waals surface area (Å²) in [7, 11) is 0. The first-order valence-electron chi connectivity index (χ1n) is 5.66. The number of anilines is 1. The van der Waals surface area contributed by atoms with E-state index in [4.69, 9.17) is 16.7 Å². The lowest BCUT2D eigenvalue weighted by molar-refractivity contribution is -0.174. The summed E-state index contributed by atoms with van der Waals surface area (Å²) in [6, 6.07) is 3.78. The van der Waals surface area contributed by atoms with Crippen LogP contribution in [0.5, 0.6) is 0 Å². The van der Waals surface area contributed by atoms with Crippen LogP contribution in [-0.4, -0.2) is 36.4 Å². The zero-order chi connectivity index (χ0) is 16.0. The maximum atomic E-state index is 11.8. The number of ether oxygens (including phenoxy) is 1. The fourth-order valence-corrected chi connectivity index (χ4v) is 1.54. The van der Waals surface area contributed by atoms with Crippen molar-refractivity contribution in [2.45, 2.75) is 12.6 Å². The molecule has 0 radical (unpaired) electrons. The van der Waals surface area contributed by atoms with Gasteiger partial charge in [0.05, 0.1) is 24.3 Å². The number of amides is 1. The SMILES string of the molecule is O=C(CCOCC(F)(F)F)Nc1cc(Cl)ccc1C(=O)O. The molecule has 116 valence electrons. The minimum atomic E-state index is -4.46. The van der Waals surface area contributed by atoms with Gasteiger partial charge in [0.1, 0.15) is 6.61 Å². The molecular weight excluding hydrogens is 315 g/mol. The molecule has 9 heteroatoms. The number of carboxylic acids is 1. The van der Waals surface area contributed by atoms with E-state index in [1.165, 1.54) is 18.2 Å². The Morgan fingerprint density at radius 3 is 2.57 bits per heavy atom. The summed E-state index contributed by atoms with van der Waals surface area (Å²) >= 11 is 5.69. The molecule has 5 nitrogen and oxygen atoms in total. The van der Waals surface area contributed by atoms with E-state index in [0.717, 1.165) is 0 Å². The van der Waals surface area contributed by atoms with Crippen LogP contribution in [0.3, 0.4) is 0 Å². The number of carboxylic acid groups (broad SMARTS) is 1. The molecule has 0 saturated heterocycles. The Bertz CT molecular complexity index is 534. The van der Waals surface area contributed by atoms with Gasteiger partial charge in [0.2, 0.25) is 5.91 Å². The molecule has 1 rings (SSSR count). The molecule has 2 N–H and O–H groups in total.